The summed E-state index contributed by atoms with van der Waals surface area (Å²) in [7, 11) is -3.31. The zero-order chi connectivity index (χ0) is 16.3. The van der Waals surface area contributed by atoms with E-state index in [-0.39, 0.29) is 0 Å². The van der Waals surface area contributed by atoms with Gasteiger partial charge in [-0.15, -0.1) is 0 Å². The number of hydrogen-bond donors (Lipinski definition) is 1. The zero-order valence-corrected chi connectivity index (χ0v) is 14.4. The van der Waals surface area contributed by atoms with E-state index in [1.807, 2.05) is 56.3 Å². The lowest BCUT2D eigenvalue weighted by Gasteiger charge is -2.24. The third kappa shape index (κ3) is 4.15. The first kappa shape index (κ1) is 16.6. The fourth-order valence-corrected chi connectivity index (χ4v) is 2.97. The molecule has 0 bridgehead atoms. The standard InChI is InChI=1S/C16H19ClN2O2S/c1-4-19(14-9-6-13(17)7-10-14)15-8-5-12(2)16(11-15)18-22(3,20)21/h5-11,18H,4H2,1-3H3. The van der Waals surface area contributed by atoms with Crippen LogP contribution in [0.5, 0.6) is 0 Å². The number of benzene rings is 2. The molecule has 6 heteroatoms. The molecule has 0 aliphatic rings. The van der Waals surface area contributed by atoms with Gasteiger partial charge in [0.05, 0.1) is 11.9 Å². The molecule has 0 saturated carbocycles. The molecule has 2 aromatic carbocycles. The Labute approximate surface area is 136 Å². The SMILES string of the molecule is CCN(c1ccc(Cl)cc1)c1ccc(C)c(NS(C)(=O)=O)c1. The number of aryl methyl sites for hydroxylation is 1. The highest BCUT2D eigenvalue weighted by Crippen LogP contribution is 2.30. The van der Waals surface area contributed by atoms with Gasteiger partial charge in [0.1, 0.15) is 0 Å². The number of nitrogens with zero attached hydrogens (tertiary/aromatic N) is 1. The second-order valence-electron chi connectivity index (χ2n) is 5.09. The highest BCUT2D eigenvalue weighted by Gasteiger charge is 2.11. The van der Waals surface area contributed by atoms with Gasteiger partial charge in [0, 0.05) is 22.9 Å². The van der Waals surface area contributed by atoms with Gasteiger partial charge in [-0.1, -0.05) is 17.7 Å². The average Bonchev–Trinajstić information content (AvgIpc) is 2.43. The van der Waals surface area contributed by atoms with Gasteiger partial charge in [-0.05, 0) is 55.8 Å². The molecule has 2 aromatic rings. The van der Waals surface area contributed by atoms with Crippen LogP contribution in [0.15, 0.2) is 42.5 Å². The van der Waals surface area contributed by atoms with E-state index in [2.05, 4.69) is 9.62 Å². The van der Waals surface area contributed by atoms with Crippen molar-refractivity contribution < 1.29 is 8.42 Å². The molecule has 2 rings (SSSR count). The van der Waals surface area contributed by atoms with E-state index in [0.29, 0.717) is 10.7 Å². The minimum Gasteiger partial charge on any atom is -0.342 e. The van der Waals surface area contributed by atoms with Crippen molar-refractivity contribution in [2.75, 3.05) is 22.4 Å². The van der Waals surface area contributed by atoms with E-state index in [1.165, 1.54) is 0 Å². The summed E-state index contributed by atoms with van der Waals surface area (Å²) >= 11 is 5.93. The highest BCUT2D eigenvalue weighted by atomic mass is 35.5. The van der Waals surface area contributed by atoms with Crippen LogP contribution >= 0.6 is 11.6 Å². The van der Waals surface area contributed by atoms with Crippen molar-refractivity contribution >= 4 is 38.7 Å². The molecule has 0 unspecified atom stereocenters. The summed E-state index contributed by atoms with van der Waals surface area (Å²) < 4.78 is 25.5. The summed E-state index contributed by atoms with van der Waals surface area (Å²) in [4.78, 5) is 2.09. The van der Waals surface area contributed by atoms with Crippen LogP contribution in [-0.2, 0) is 10.0 Å². The van der Waals surface area contributed by atoms with Crippen molar-refractivity contribution in [1.29, 1.82) is 0 Å². The predicted molar refractivity (Wildman–Crippen MR) is 93.8 cm³/mol. The Hall–Kier alpha value is -1.72. The van der Waals surface area contributed by atoms with Crippen molar-refractivity contribution in [1.82, 2.24) is 0 Å². The van der Waals surface area contributed by atoms with E-state index in [9.17, 15) is 8.42 Å². The van der Waals surface area contributed by atoms with E-state index in [1.54, 1.807) is 0 Å². The maximum atomic E-state index is 11.5. The lowest BCUT2D eigenvalue weighted by atomic mass is 10.1. The number of halogens is 1. The van der Waals surface area contributed by atoms with Crippen molar-refractivity contribution in [2.45, 2.75) is 13.8 Å². The Morgan fingerprint density at radius 1 is 1.09 bits per heavy atom. The van der Waals surface area contributed by atoms with Crippen LogP contribution in [0.2, 0.25) is 5.02 Å². The maximum Gasteiger partial charge on any atom is 0.229 e. The molecule has 22 heavy (non-hydrogen) atoms. The first-order valence-electron chi connectivity index (χ1n) is 6.91. The van der Waals surface area contributed by atoms with Crippen molar-refractivity contribution in [3.05, 3.63) is 53.1 Å². The summed E-state index contributed by atoms with van der Waals surface area (Å²) in [6.45, 7) is 4.66. The molecule has 0 atom stereocenters. The van der Waals surface area contributed by atoms with Crippen LogP contribution < -0.4 is 9.62 Å². The van der Waals surface area contributed by atoms with Gasteiger partial charge in [-0.3, -0.25) is 4.72 Å². The minimum absolute atomic E-state index is 0.590. The van der Waals surface area contributed by atoms with Crippen LogP contribution in [0.3, 0.4) is 0 Å². The molecule has 0 heterocycles. The predicted octanol–water partition coefficient (Wildman–Crippen LogP) is 4.18. The van der Waals surface area contributed by atoms with Crippen LogP contribution in [0.1, 0.15) is 12.5 Å². The summed E-state index contributed by atoms with van der Waals surface area (Å²) in [5.41, 5.74) is 3.39. The second-order valence-corrected chi connectivity index (χ2v) is 7.28. The summed E-state index contributed by atoms with van der Waals surface area (Å²) in [6.07, 6.45) is 1.15. The van der Waals surface area contributed by atoms with Crippen LogP contribution in [0, 0.1) is 6.92 Å². The van der Waals surface area contributed by atoms with E-state index < -0.39 is 10.0 Å². The van der Waals surface area contributed by atoms with Gasteiger partial charge in [-0.25, -0.2) is 8.42 Å². The quantitative estimate of drug-likeness (QED) is 0.889. The van der Waals surface area contributed by atoms with Gasteiger partial charge < -0.3 is 4.90 Å². The normalized spacial score (nSPS) is 11.3. The van der Waals surface area contributed by atoms with Crippen molar-refractivity contribution in [3.8, 4) is 0 Å². The number of anilines is 3. The smallest absolute Gasteiger partial charge is 0.229 e. The third-order valence-electron chi connectivity index (χ3n) is 3.28. The third-order valence-corrected chi connectivity index (χ3v) is 4.13. The Kier molecular flexibility index (Phi) is 4.98. The van der Waals surface area contributed by atoms with Crippen molar-refractivity contribution in [3.63, 3.8) is 0 Å². The van der Waals surface area contributed by atoms with E-state index in [0.717, 1.165) is 29.7 Å². The Balaban J connectivity index is 2.41. The summed E-state index contributed by atoms with van der Waals surface area (Å²) in [6, 6.07) is 13.3. The molecule has 0 radical (unpaired) electrons. The molecule has 0 aliphatic carbocycles. The number of hydrogen-bond acceptors (Lipinski definition) is 3. The highest BCUT2D eigenvalue weighted by molar-refractivity contribution is 7.92. The average molecular weight is 339 g/mol. The number of rotatable bonds is 5. The van der Waals surface area contributed by atoms with E-state index in [4.69, 9.17) is 11.6 Å². The second kappa shape index (κ2) is 6.58. The molecule has 118 valence electrons. The molecule has 0 aromatic heterocycles. The van der Waals surface area contributed by atoms with Gasteiger partial charge in [0.25, 0.3) is 0 Å². The number of nitrogens with one attached hydrogen (secondary N) is 1. The molecule has 4 nitrogen and oxygen atoms in total. The summed E-state index contributed by atoms with van der Waals surface area (Å²) in [5.74, 6) is 0. The van der Waals surface area contributed by atoms with Crippen molar-refractivity contribution in [2.24, 2.45) is 0 Å². The fraction of sp³-hybridized carbons (Fsp3) is 0.250. The topological polar surface area (TPSA) is 49.4 Å². The Morgan fingerprint density at radius 3 is 2.23 bits per heavy atom. The van der Waals surface area contributed by atoms with Gasteiger partial charge >= 0.3 is 0 Å². The molecular formula is C16H19ClN2O2S. The molecule has 0 fully saturated rings. The molecule has 0 spiro atoms. The van der Waals surface area contributed by atoms with Gasteiger partial charge in [0.15, 0.2) is 0 Å². The summed E-state index contributed by atoms with van der Waals surface area (Å²) in [5, 5.41) is 0.683. The van der Waals surface area contributed by atoms with Crippen LogP contribution in [0.4, 0.5) is 17.1 Å². The lowest BCUT2D eigenvalue weighted by Crippen LogP contribution is -2.17. The minimum atomic E-state index is -3.31. The molecular weight excluding hydrogens is 320 g/mol. The monoisotopic (exact) mass is 338 g/mol. The number of sulfonamides is 1. The zero-order valence-electron chi connectivity index (χ0n) is 12.8. The lowest BCUT2D eigenvalue weighted by molar-refractivity contribution is 0.607. The molecule has 0 amide bonds. The maximum absolute atomic E-state index is 11.5. The van der Waals surface area contributed by atoms with Crippen LogP contribution in [-0.4, -0.2) is 21.2 Å². The molecule has 1 N–H and O–H groups in total. The molecule has 0 saturated heterocycles. The molecule has 0 aliphatic heterocycles. The van der Waals surface area contributed by atoms with Gasteiger partial charge in [0.2, 0.25) is 10.0 Å². The first-order valence-corrected chi connectivity index (χ1v) is 9.18. The largest absolute Gasteiger partial charge is 0.342 e. The van der Waals surface area contributed by atoms with Crippen LogP contribution in [0.25, 0.3) is 0 Å². The first-order chi connectivity index (χ1) is 10.3. The Morgan fingerprint density at radius 2 is 1.68 bits per heavy atom. The van der Waals surface area contributed by atoms with Gasteiger partial charge in [-0.2, -0.15) is 0 Å². The fourth-order valence-electron chi connectivity index (χ4n) is 2.22. The van der Waals surface area contributed by atoms with E-state index >= 15 is 0 Å². The Bertz CT molecular complexity index is 758.